The van der Waals surface area contributed by atoms with E-state index >= 15 is 0 Å². The number of nitrogen functional groups attached to an aromatic ring is 1. The number of thiazole rings is 1. The standard InChI is InChI=1S/C10H13N5S/c1-7-12-8(6-16-7)5-15(2)10-4-3-9(11)13-14-10/h3-4,6H,5H2,1-2H3,(H2,11,13). The highest BCUT2D eigenvalue weighted by molar-refractivity contribution is 7.09. The average Bonchev–Trinajstić information content (AvgIpc) is 2.65. The van der Waals surface area contributed by atoms with Gasteiger partial charge < -0.3 is 10.6 Å². The molecule has 2 N–H and O–H groups in total. The largest absolute Gasteiger partial charge is 0.382 e. The van der Waals surface area contributed by atoms with Gasteiger partial charge in [-0.2, -0.15) is 0 Å². The Balaban J connectivity index is 2.08. The smallest absolute Gasteiger partial charge is 0.151 e. The Morgan fingerprint density at radius 1 is 1.38 bits per heavy atom. The van der Waals surface area contributed by atoms with Crippen LogP contribution in [0.3, 0.4) is 0 Å². The maximum atomic E-state index is 5.48. The minimum atomic E-state index is 0.432. The summed E-state index contributed by atoms with van der Waals surface area (Å²) in [5.74, 6) is 1.22. The van der Waals surface area contributed by atoms with Crippen LogP contribution in [0.4, 0.5) is 11.6 Å². The van der Waals surface area contributed by atoms with Gasteiger partial charge in [0.15, 0.2) is 5.82 Å². The van der Waals surface area contributed by atoms with Crippen molar-refractivity contribution >= 4 is 23.0 Å². The topological polar surface area (TPSA) is 67.9 Å². The van der Waals surface area contributed by atoms with Crippen LogP contribution in [0.1, 0.15) is 10.7 Å². The molecule has 6 heteroatoms. The summed E-state index contributed by atoms with van der Waals surface area (Å²) < 4.78 is 0. The Morgan fingerprint density at radius 3 is 2.75 bits per heavy atom. The first-order chi connectivity index (χ1) is 7.65. The highest BCUT2D eigenvalue weighted by atomic mass is 32.1. The predicted octanol–water partition coefficient (Wildman–Crippen LogP) is 1.46. The summed E-state index contributed by atoms with van der Waals surface area (Å²) in [5.41, 5.74) is 6.52. The summed E-state index contributed by atoms with van der Waals surface area (Å²) in [6.07, 6.45) is 0. The lowest BCUT2D eigenvalue weighted by molar-refractivity contribution is 0.848. The van der Waals surface area contributed by atoms with E-state index in [9.17, 15) is 0 Å². The van der Waals surface area contributed by atoms with Crippen LogP contribution in [0.25, 0.3) is 0 Å². The molecule has 0 bridgehead atoms. The highest BCUT2D eigenvalue weighted by Gasteiger charge is 2.06. The Kier molecular flexibility index (Phi) is 3.00. The summed E-state index contributed by atoms with van der Waals surface area (Å²) in [6, 6.07) is 3.59. The first-order valence-corrected chi connectivity index (χ1v) is 5.74. The summed E-state index contributed by atoms with van der Waals surface area (Å²) in [5, 5.41) is 11.0. The lowest BCUT2D eigenvalue weighted by atomic mass is 10.4. The first kappa shape index (κ1) is 10.8. The van der Waals surface area contributed by atoms with E-state index in [0.717, 1.165) is 23.1 Å². The van der Waals surface area contributed by atoms with Crippen LogP contribution in [0.5, 0.6) is 0 Å². The summed E-state index contributed by atoms with van der Waals surface area (Å²) >= 11 is 1.65. The van der Waals surface area contributed by atoms with E-state index in [1.807, 2.05) is 24.9 Å². The predicted molar refractivity (Wildman–Crippen MR) is 65.4 cm³/mol. The van der Waals surface area contributed by atoms with Crippen LogP contribution in [0, 0.1) is 6.92 Å². The van der Waals surface area contributed by atoms with Crippen LogP contribution < -0.4 is 10.6 Å². The van der Waals surface area contributed by atoms with Gasteiger partial charge >= 0.3 is 0 Å². The molecule has 0 amide bonds. The van der Waals surface area contributed by atoms with Crippen LogP contribution in [-0.2, 0) is 6.54 Å². The second kappa shape index (κ2) is 4.44. The van der Waals surface area contributed by atoms with Gasteiger partial charge in [-0.1, -0.05) is 0 Å². The molecule has 0 spiro atoms. The van der Waals surface area contributed by atoms with E-state index in [1.165, 1.54) is 0 Å². The SMILES string of the molecule is Cc1nc(CN(C)c2ccc(N)nn2)cs1. The van der Waals surface area contributed by atoms with Gasteiger partial charge in [0, 0.05) is 12.4 Å². The number of hydrogen-bond acceptors (Lipinski definition) is 6. The number of hydrogen-bond donors (Lipinski definition) is 1. The molecular weight excluding hydrogens is 222 g/mol. The van der Waals surface area contributed by atoms with Gasteiger partial charge in [-0.05, 0) is 19.1 Å². The monoisotopic (exact) mass is 235 g/mol. The second-order valence-corrected chi connectivity index (χ2v) is 4.59. The molecule has 0 unspecified atom stereocenters. The molecule has 0 fully saturated rings. The molecule has 2 heterocycles. The normalized spacial score (nSPS) is 10.4. The van der Waals surface area contributed by atoms with Crippen molar-refractivity contribution in [2.45, 2.75) is 13.5 Å². The molecule has 84 valence electrons. The number of nitrogens with two attached hydrogens (primary N) is 1. The molecule has 16 heavy (non-hydrogen) atoms. The molecule has 2 rings (SSSR count). The van der Waals surface area contributed by atoms with Crippen molar-refractivity contribution in [2.75, 3.05) is 17.7 Å². The van der Waals surface area contributed by atoms with Gasteiger partial charge in [0.1, 0.15) is 5.82 Å². The minimum absolute atomic E-state index is 0.432. The third-order valence-corrected chi connectivity index (χ3v) is 2.95. The molecular formula is C10H13N5S. The molecule has 2 aromatic heterocycles. The highest BCUT2D eigenvalue weighted by Crippen LogP contribution is 2.14. The third-order valence-electron chi connectivity index (χ3n) is 2.13. The van der Waals surface area contributed by atoms with E-state index in [1.54, 1.807) is 17.4 Å². The number of aryl methyl sites for hydroxylation is 1. The minimum Gasteiger partial charge on any atom is -0.382 e. The first-order valence-electron chi connectivity index (χ1n) is 4.86. The van der Waals surface area contributed by atoms with Crippen molar-refractivity contribution in [1.82, 2.24) is 15.2 Å². The molecule has 0 atom stereocenters. The Morgan fingerprint density at radius 2 is 2.19 bits per heavy atom. The van der Waals surface area contributed by atoms with E-state index < -0.39 is 0 Å². The molecule has 5 nitrogen and oxygen atoms in total. The Hall–Kier alpha value is -1.69. The van der Waals surface area contributed by atoms with Crippen molar-refractivity contribution in [3.63, 3.8) is 0 Å². The molecule has 0 saturated carbocycles. The molecule has 0 aliphatic carbocycles. The lowest BCUT2D eigenvalue weighted by Crippen LogP contribution is -2.18. The third kappa shape index (κ3) is 2.46. The maximum absolute atomic E-state index is 5.48. The lowest BCUT2D eigenvalue weighted by Gasteiger charge is -2.15. The quantitative estimate of drug-likeness (QED) is 0.872. The number of nitrogens with zero attached hydrogens (tertiary/aromatic N) is 4. The average molecular weight is 235 g/mol. The molecule has 0 radical (unpaired) electrons. The van der Waals surface area contributed by atoms with Crippen molar-refractivity contribution in [2.24, 2.45) is 0 Å². The Labute approximate surface area is 98.0 Å². The van der Waals surface area contributed by atoms with Crippen molar-refractivity contribution in [3.05, 3.63) is 28.2 Å². The zero-order chi connectivity index (χ0) is 11.5. The molecule has 0 saturated heterocycles. The van der Waals surface area contributed by atoms with Gasteiger partial charge in [0.2, 0.25) is 0 Å². The summed E-state index contributed by atoms with van der Waals surface area (Å²) in [7, 11) is 1.95. The van der Waals surface area contributed by atoms with Crippen LogP contribution in [0.15, 0.2) is 17.5 Å². The zero-order valence-electron chi connectivity index (χ0n) is 9.21. The fourth-order valence-electron chi connectivity index (χ4n) is 1.34. The van der Waals surface area contributed by atoms with Gasteiger partial charge in [-0.15, -0.1) is 21.5 Å². The fraction of sp³-hybridized carbons (Fsp3) is 0.300. The van der Waals surface area contributed by atoms with Crippen molar-refractivity contribution < 1.29 is 0 Å². The van der Waals surface area contributed by atoms with E-state index in [2.05, 4.69) is 20.6 Å². The van der Waals surface area contributed by atoms with Crippen molar-refractivity contribution in [1.29, 1.82) is 0 Å². The van der Waals surface area contributed by atoms with E-state index in [-0.39, 0.29) is 0 Å². The molecule has 2 aromatic rings. The van der Waals surface area contributed by atoms with Gasteiger partial charge in [0.05, 0.1) is 17.2 Å². The Bertz CT molecular complexity index is 464. The van der Waals surface area contributed by atoms with E-state index in [0.29, 0.717) is 5.82 Å². The number of rotatable bonds is 3. The van der Waals surface area contributed by atoms with Crippen LogP contribution in [-0.4, -0.2) is 22.2 Å². The van der Waals surface area contributed by atoms with E-state index in [4.69, 9.17) is 5.73 Å². The number of aromatic nitrogens is 3. The molecule has 0 aromatic carbocycles. The summed E-state index contributed by atoms with van der Waals surface area (Å²) in [4.78, 5) is 6.38. The van der Waals surface area contributed by atoms with Crippen LogP contribution in [0.2, 0.25) is 0 Å². The fourth-order valence-corrected chi connectivity index (χ4v) is 1.95. The summed E-state index contributed by atoms with van der Waals surface area (Å²) in [6.45, 7) is 2.72. The second-order valence-electron chi connectivity index (χ2n) is 3.53. The maximum Gasteiger partial charge on any atom is 0.151 e. The molecule has 0 aliphatic heterocycles. The number of anilines is 2. The van der Waals surface area contributed by atoms with Gasteiger partial charge in [-0.3, -0.25) is 0 Å². The zero-order valence-corrected chi connectivity index (χ0v) is 10.0. The van der Waals surface area contributed by atoms with Gasteiger partial charge in [0.25, 0.3) is 0 Å². The van der Waals surface area contributed by atoms with Crippen LogP contribution >= 0.6 is 11.3 Å². The molecule has 0 aliphatic rings. The van der Waals surface area contributed by atoms with Crippen molar-refractivity contribution in [3.8, 4) is 0 Å². The van der Waals surface area contributed by atoms with Gasteiger partial charge in [-0.25, -0.2) is 4.98 Å².